The second kappa shape index (κ2) is 6.49. The lowest BCUT2D eigenvalue weighted by molar-refractivity contribution is -0.115. The quantitative estimate of drug-likeness (QED) is 0.833. The van der Waals surface area contributed by atoms with Crippen molar-refractivity contribution >= 4 is 35.0 Å². The molecule has 1 aliphatic rings. The van der Waals surface area contributed by atoms with E-state index < -0.39 is 11.1 Å². The third-order valence-electron chi connectivity index (χ3n) is 3.65. The molecule has 1 amide bonds. The van der Waals surface area contributed by atoms with E-state index in [-0.39, 0.29) is 16.6 Å². The van der Waals surface area contributed by atoms with Gasteiger partial charge in [-0.25, -0.2) is 4.39 Å². The highest BCUT2D eigenvalue weighted by atomic mass is 35.5. The Kier molecular flexibility index (Phi) is 4.59. The highest BCUT2D eigenvalue weighted by Gasteiger charge is 2.30. The van der Waals surface area contributed by atoms with Crippen LogP contribution in [-0.4, -0.2) is 25.9 Å². The Hall–Kier alpha value is -1.60. The number of benzene rings is 1. The largest absolute Gasteiger partial charge is 0.323 e. The van der Waals surface area contributed by atoms with Gasteiger partial charge in [0.15, 0.2) is 5.16 Å². The summed E-state index contributed by atoms with van der Waals surface area (Å²) < 4.78 is 15.7. The van der Waals surface area contributed by atoms with Crippen molar-refractivity contribution in [1.29, 1.82) is 0 Å². The molecule has 0 radical (unpaired) electrons. The summed E-state index contributed by atoms with van der Waals surface area (Å²) >= 11 is 7.00. The predicted molar refractivity (Wildman–Crippen MR) is 88.3 cm³/mol. The van der Waals surface area contributed by atoms with Crippen LogP contribution >= 0.6 is 23.4 Å². The van der Waals surface area contributed by atoms with E-state index >= 15 is 0 Å². The van der Waals surface area contributed by atoms with Crippen LogP contribution in [0.25, 0.3) is 0 Å². The third-order valence-corrected chi connectivity index (χ3v) is 5.02. The number of carbonyl (C=O) groups excluding carboxylic acids is 1. The molecule has 1 aromatic heterocycles. The summed E-state index contributed by atoms with van der Waals surface area (Å²) in [5, 5.41) is 11.4. The van der Waals surface area contributed by atoms with Crippen LogP contribution in [0.1, 0.15) is 31.5 Å². The van der Waals surface area contributed by atoms with Crippen molar-refractivity contribution in [3.63, 3.8) is 0 Å². The van der Waals surface area contributed by atoms with Crippen molar-refractivity contribution < 1.29 is 9.18 Å². The number of nitrogens with zero attached hydrogens (tertiary/aromatic N) is 3. The topological polar surface area (TPSA) is 59.8 Å². The third kappa shape index (κ3) is 3.67. The molecule has 1 N–H and O–H groups in total. The molecule has 0 spiro atoms. The number of rotatable bonds is 5. The van der Waals surface area contributed by atoms with Crippen molar-refractivity contribution in [2.45, 2.75) is 36.1 Å². The summed E-state index contributed by atoms with van der Waals surface area (Å²) in [7, 11) is 1.90. The van der Waals surface area contributed by atoms with Gasteiger partial charge in [0.25, 0.3) is 0 Å². The zero-order valence-corrected chi connectivity index (χ0v) is 14.3. The van der Waals surface area contributed by atoms with Gasteiger partial charge in [-0.2, -0.15) is 0 Å². The van der Waals surface area contributed by atoms with Crippen molar-refractivity contribution in [3.8, 4) is 0 Å². The molecular formula is C15H16ClFN4OS. The van der Waals surface area contributed by atoms with Crippen LogP contribution in [0.2, 0.25) is 5.02 Å². The summed E-state index contributed by atoms with van der Waals surface area (Å²) in [6.45, 7) is 1.75. The molecule has 0 saturated heterocycles. The maximum absolute atomic E-state index is 13.7. The van der Waals surface area contributed by atoms with Gasteiger partial charge < -0.3 is 9.88 Å². The van der Waals surface area contributed by atoms with Crippen molar-refractivity contribution in [2.75, 3.05) is 5.32 Å². The first-order chi connectivity index (χ1) is 11.0. The number of halogens is 2. The average Bonchev–Trinajstić information content (AvgIpc) is 3.28. The van der Waals surface area contributed by atoms with E-state index in [9.17, 15) is 9.18 Å². The van der Waals surface area contributed by atoms with Gasteiger partial charge in [0.05, 0.1) is 10.9 Å². The molecule has 122 valence electrons. The number of hydrogen-bond acceptors (Lipinski definition) is 4. The van der Waals surface area contributed by atoms with Crippen LogP contribution in [-0.2, 0) is 11.8 Å². The van der Waals surface area contributed by atoms with Crippen molar-refractivity contribution in [1.82, 2.24) is 14.8 Å². The SMILES string of the molecule is C[C@@H](Sc1nnc(C2CC2)n1C)C(=O)Nc1ccc(Cl)cc1F. The number of anilines is 1. The first-order valence-corrected chi connectivity index (χ1v) is 8.53. The molecule has 0 bridgehead atoms. The van der Waals surface area contributed by atoms with Crippen LogP contribution in [0, 0.1) is 5.82 Å². The predicted octanol–water partition coefficient (Wildman–Crippen LogP) is 3.60. The van der Waals surface area contributed by atoms with Gasteiger partial charge in [-0.05, 0) is 38.0 Å². The standard InChI is InChI=1S/C15H16ClFN4OS/c1-8(14(22)18-12-6-5-10(16)7-11(12)17)23-15-20-19-13(21(15)2)9-3-4-9/h5-9H,3-4H2,1-2H3,(H,18,22)/t8-/m1/s1. The monoisotopic (exact) mass is 354 g/mol. The second-order valence-corrected chi connectivity index (χ2v) is 7.29. The molecule has 2 aromatic rings. The number of thioether (sulfide) groups is 1. The maximum Gasteiger partial charge on any atom is 0.237 e. The number of amides is 1. The molecule has 23 heavy (non-hydrogen) atoms. The van der Waals surface area contributed by atoms with Crippen LogP contribution in [0.4, 0.5) is 10.1 Å². The Bertz CT molecular complexity index is 747. The lowest BCUT2D eigenvalue weighted by Crippen LogP contribution is -2.23. The minimum absolute atomic E-state index is 0.114. The molecule has 1 atom stereocenters. The lowest BCUT2D eigenvalue weighted by Gasteiger charge is -2.12. The summed E-state index contributed by atoms with van der Waals surface area (Å²) in [5.74, 6) is 0.600. The van der Waals surface area contributed by atoms with Gasteiger partial charge in [-0.3, -0.25) is 4.79 Å². The summed E-state index contributed by atoms with van der Waals surface area (Å²) in [6.07, 6.45) is 2.28. The molecule has 1 aromatic carbocycles. The summed E-state index contributed by atoms with van der Waals surface area (Å²) in [6, 6.07) is 4.14. The van der Waals surface area contributed by atoms with Gasteiger partial charge >= 0.3 is 0 Å². The minimum atomic E-state index is -0.558. The van der Waals surface area contributed by atoms with E-state index in [1.54, 1.807) is 6.92 Å². The van der Waals surface area contributed by atoms with Gasteiger partial charge in [0.1, 0.15) is 11.6 Å². The van der Waals surface area contributed by atoms with E-state index in [0.717, 1.165) is 18.7 Å². The highest BCUT2D eigenvalue weighted by Crippen LogP contribution is 2.39. The molecule has 8 heteroatoms. The molecule has 1 aliphatic carbocycles. The van der Waals surface area contributed by atoms with E-state index in [4.69, 9.17) is 11.6 Å². The molecule has 1 heterocycles. The smallest absolute Gasteiger partial charge is 0.237 e. The fourth-order valence-electron chi connectivity index (χ4n) is 2.16. The Labute approximate surface area is 142 Å². The Morgan fingerprint density at radius 2 is 2.22 bits per heavy atom. The van der Waals surface area contributed by atoms with Gasteiger partial charge in [0, 0.05) is 18.0 Å². The molecule has 1 fully saturated rings. The maximum atomic E-state index is 13.7. The number of aromatic nitrogens is 3. The number of carbonyl (C=O) groups is 1. The van der Waals surface area contributed by atoms with Crippen molar-refractivity contribution in [2.24, 2.45) is 7.05 Å². The number of nitrogens with one attached hydrogen (secondary N) is 1. The fraction of sp³-hybridized carbons (Fsp3) is 0.400. The normalized spacial score (nSPS) is 15.5. The minimum Gasteiger partial charge on any atom is -0.323 e. The average molecular weight is 355 g/mol. The molecule has 3 rings (SSSR count). The Balaban J connectivity index is 1.65. The molecule has 5 nitrogen and oxygen atoms in total. The van der Waals surface area contributed by atoms with E-state index in [2.05, 4.69) is 15.5 Å². The summed E-state index contributed by atoms with van der Waals surface area (Å²) in [4.78, 5) is 12.2. The fourth-order valence-corrected chi connectivity index (χ4v) is 3.14. The second-order valence-electron chi connectivity index (χ2n) is 5.55. The van der Waals surface area contributed by atoms with Gasteiger partial charge in [0.2, 0.25) is 5.91 Å². The van der Waals surface area contributed by atoms with E-state index in [0.29, 0.717) is 11.1 Å². The zero-order chi connectivity index (χ0) is 16.6. The van der Waals surface area contributed by atoms with Crippen molar-refractivity contribution in [3.05, 3.63) is 34.9 Å². The first kappa shape index (κ1) is 16.3. The molecule has 1 saturated carbocycles. The van der Waals surface area contributed by atoms with Gasteiger partial charge in [-0.1, -0.05) is 23.4 Å². The van der Waals surface area contributed by atoms with E-state index in [1.807, 2.05) is 11.6 Å². The molecule has 0 unspecified atom stereocenters. The summed E-state index contributed by atoms with van der Waals surface area (Å²) in [5.41, 5.74) is 0.114. The lowest BCUT2D eigenvalue weighted by atomic mass is 10.3. The Morgan fingerprint density at radius 3 is 2.87 bits per heavy atom. The molecule has 0 aliphatic heterocycles. The highest BCUT2D eigenvalue weighted by molar-refractivity contribution is 8.00. The van der Waals surface area contributed by atoms with Crippen LogP contribution < -0.4 is 5.32 Å². The Morgan fingerprint density at radius 1 is 1.48 bits per heavy atom. The van der Waals surface area contributed by atoms with Crippen LogP contribution in [0.3, 0.4) is 0 Å². The number of hydrogen-bond donors (Lipinski definition) is 1. The zero-order valence-electron chi connectivity index (χ0n) is 12.7. The van der Waals surface area contributed by atoms with Gasteiger partial charge in [-0.15, -0.1) is 10.2 Å². The molecular weight excluding hydrogens is 339 g/mol. The van der Waals surface area contributed by atoms with E-state index in [1.165, 1.54) is 30.0 Å². The van der Waals surface area contributed by atoms with Crippen LogP contribution in [0.15, 0.2) is 23.4 Å². The first-order valence-electron chi connectivity index (χ1n) is 7.27. The van der Waals surface area contributed by atoms with Crippen LogP contribution in [0.5, 0.6) is 0 Å².